The number of Topliss-reactive ketones (excluding diaryl/α,β-unsaturated/α-hetero) is 1. The summed E-state index contributed by atoms with van der Waals surface area (Å²) in [6, 6.07) is 4.92. The van der Waals surface area contributed by atoms with Crippen molar-refractivity contribution in [2.75, 3.05) is 0 Å². The molecule has 1 aromatic carbocycles. The smallest absolute Gasteiger partial charge is 0.303 e. The van der Waals surface area contributed by atoms with Crippen molar-refractivity contribution in [1.29, 1.82) is 0 Å². The number of carbonyl (C=O) groups excluding carboxylic acids is 1. The zero-order chi connectivity index (χ0) is 16.3. The molecule has 0 radical (unpaired) electrons. The number of carbonyl (C=O) groups is 2. The number of pyridine rings is 1. The molecule has 6 heteroatoms. The first kappa shape index (κ1) is 13.2. The molecule has 1 aromatic heterocycles. The van der Waals surface area contributed by atoms with Gasteiger partial charge in [0.2, 0.25) is 0 Å². The summed E-state index contributed by atoms with van der Waals surface area (Å²) in [5.41, 5.74) is 0.275. The maximum Gasteiger partial charge on any atom is 0.303 e. The van der Waals surface area contributed by atoms with E-state index in [1.165, 1.54) is 24.4 Å². The summed E-state index contributed by atoms with van der Waals surface area (Å²) in [4.78, 5) is 26.0. The summed E-state index contributed by atoms with van der Waals surface area (Å²) < 4.78 is 21.0. The lowest BCUT2D eigenvalue weighted by molar-refractivity contribution is -0.136. The number of rotatable bonds is 5. The van der Waals surface area contributed by atoms with Gasteiger partial charge in [0, 0.05) is 18.2 Å². The molecule has 0 amide bonds. The van der Waals surface area contributed by atoms with E-state index in [4.69, 9.17) is 6.48 Å². The molecule has 1 heterocycles. The molecule has 2 rings (SSSR count). The van der Waals surface area contributed by atoms with Crippen molar-refractivity contribution in [3.63, 3.8) is 0 Å². The Balaban J connectivity index is 2.32. The molecular formula is C15H12FNO4. The zero-order valence-corrected chi connectivity index (χ0v) is 10.8. The molecule has 0 unspecified atom stereocenters. The predicted molar refractivity (Wildman–Crippen MR) is 72.5 cm³/mol. The summed E-state index contributed by atoms with van der Waals surface area (Å²) in [5.74, 6) is -2.87. The molecule has 0 aliphatic heterocycles. The van der Waals surface area contributed by atoms with Crippen molar-refractivity contribution in [2.24, 2.45) is 0 Å². The summed E-state index contributed by atoms with van der Waals surface area (Å²) in [6.07, 6.45) is 0.599. The molecule has 0 spiro atoms. The van der Waals surface area contributed by atoms with Crippen LogP contribution >= 0.6 is 0 Å². The Labute approximate surface area is 121 Å². The molecule has 0 bridgehead atoms. The van der Waals surface area contributed by atoms with Crippen molar-refractivity contribution < 1.29 is 25.6 Å². The van der Waals surface area contributed by atoms with E-state index in [-0.39, 0.29) is 35.7 Å². The van der Waals surface area contributed by atoms with E-state index in [9.17, 15) is 19.1 Å². The fraction of sp³-hybridized carbons (Fsp3) is 0.133. The molecule has 5 nitrogen and oxygen atoms in total. The highest BCUT2D eigenvalue weighted by Gasteiger charge is 2.15. The number of aromatic hydroxyl groups is 1. The van der Waals surface area contributed by atoms with Gasteiger partial charge in [-0.3, -0.25) is 9.59 Å². The molecule has 0 aliphatic rings. The number of halogens is 1. The quantitative estimate of drug-likeness (QED) is 0.826. The average molecular weight is 290 g/mol. The number of carboxylic acid groups (broad SMARTS) is 1. The normalized spacial score (nSPS) is 11.0. The maximum atomic E-state index is 13.4. The molecule has 0 fully saturated rings. The summed E-state index contributed by atoms with van der Waals surface area (Å²) in [6.45, 7) is 0. The van der Waals surface area contributed by atoms with Gasteiger partial charge in [-0.25, -0.2) is 9.37 Å². The molecular weight excluding hydrogens is 277 g/mol. The Hall–Kier alpha value is -2.76. The first-order chi connectivity index (χ1) is 10.4. The fourth-order valence-corrected chi connectivity index (χ4v) is 1.76. The van der Waals surface area contributed by atoms with E-state index in [1.807, 2.05) is 0 Å². The summed E-state index contributed by atoms with van der Waals surface area (Å²) in [5, 5.41) is 18.4. The zero-order valence-electron chi connectivity index (χ0n) is 11.8. The van der Waals surface area contributed by atoms with Gasteiger partial charge < -0.3 is 10.2 Å². The number of aliphatic carboxylic acids is 1. The second kappa shape index (κ2) is 6.13. The van der Waals surface area contributed by atoms with E-state index < -0.39 is 23.3 Å². The van der Waals surface area contributed by atoms with Crippen molar-refractivity contribution in [3.8, 4) is 16.9 Å². The maximum absolute atomic E-state index is 13.4. The van der Waals surface area contributed by atoms with Gasteiger partial charge in [0.1, 0.15) is 17.3 Å². The third-order valence-electron chi connectivity index (χ3n) is 2.77. The topological polar surface area (TPSA) is 87.5 Å². The van der Waals surface area contributed by atoms with Gasteiger partial charge in [-0.1, -0.05) is 12.1 Å². The van der Waals surface area contributed by atoms with Crippen LogP contribution in [0.25, 0.3) is 11.1 Å². The minimum absolute atomic E-state index is 0.229. The van der Waals surface area contributed by atoms with Crippen LogP contribution in [0, 0.1) is 5.82 Å². The minimum Gasteiger partial charge on any atom is -0.506 e. The van der Waals surface area contributed by atoms with Crippen molar-refractivity contribution in [3.05, 3.63) is 48.0 Å². The molecule has 0 aliphatic carbocycles. The Morgan fingerprint density at radius 1 is 1.29 bits per heavy atom. The van der Waals surface area contributed by atoms with E-state index >= 15 is 0 Å². The van der Waals surface area contributed by atoms with E-state index in [1.54, 1.807) is 0 Å². The highest BCUT2D eigenvalue weighted by molar-refractivity contribution is 5.98. The number of benzene rings is 1. The van der Waals surface area contributed by atoms with Gasteiger partial charge in [-0.05, 0) is 23.7 Å². The highest BCUT2D eigenvalue weighted by atomic mass is 19.1. The first-order valence-electron chi connectivity index (χ1n) is 6.59. The van der Waals surface area contributed by atoms with Crippen LogP contribution in [-0.2, 0) is 4.79 Å². The van der Waals surface area contributed by atoms with E-state index in [0.717, 1.165) is 6.07 Å². The van der Waals surface area contributed by atoms with Gasteiger partial charge in [-0.2, -0.15) is 0 Å². The van der Waals surface area contributed by atoms with Crippen LogP contribution in [-0.4, -0.2) is 26.9 Å². The van der Waals surface area contributed by atoms with Gasteiger partial charge in [-0.15, -0.1) is 0 Å². The van der Waals surface area contributed by atoms with E-state index in [0.29, 0.717) is 0 Å². The van der Waals surface area contributed by atoms with Crippen molar-refractivity contribution >= 4 is 11.8 Å². The van der Waals surface area contributed by atoms with Gasteiger partial charge in [0.25, 0.3) is 0 Å². The van der Waals surface area contributed by atoms with Crippen LogP contribution < -0.4 is 0 Å². The average Bonchev–Trinajstić information content (AvgIpc) is 2.47. The number of nitrogens with zero attached hydrogens (tertiary/aromatic N) is 1. The summed E-state index contributed by atoms with van der Waals surface area (Å²) in [7, 11) is 0. The second-order valence-electron chi connectivity index (χ2n) is 4.32. The molecule has 2 N–H and O–H groups in total. The molecule has 108 valence electrons. The Morgan fingerprint density at radius 2 is 2.05 bits per heavy atom. The number of aromatic nitrogens is 1. The fourth-order valence-electron chi connectivity index (χ4n) is 1.76. The molecule has 0 atom stereocenters. The largest absolute Gasteiger partial charge is 0.506 e. The van der Waals surface area contributed by atoms with Crippen LogP contribution in [0.1, 0.15) is 24.7 Å². The lowest BCUT2D eigenvalue weighted by Crippen LogP contribution is -2.06. The van der Waals surface area contributed by atoms with Crippen LogP contribution in [0.15, 0.2) is 36.5 Å². The standard InChI is InChI=1S/C15H12FNO4/c16-11-3-1-2-9(6-11)10-7-13(19)15(17-8-10)12(18)4-5-14(20)21/h1-3,6-8,19H,4-5H2,(H,20,21)/i6D. The second-order valence-corrected chi connectivity index (χ2v) is 4.32. The molecule has 0 saturated heterocycles. The van der Waals surface area contributed by atoms with Gasteiger partial charge in [0.15, 0.2) is 5.78 Å². The molecule has 0 saturated carbocycles. The SMILES string of the molecule is [2H]c1c(F)cccc1-c1cnc(C(=O)CCC(=O)O)c(O)c1. The summed E-state index contributed by atoms with van der Waals surface area (Å²) >= 11 is 0. The lowest BCUT2D eigenvalue weighted by Gasteiger charge is -2.06. The minimum atomic E-state index is -1.12. The Kier molecular flexibility index (Phi) is 3.86. The first-order valence-corrected chi connectivity index (χ1v) is 6.09. The number of hydrogen-bond donors (Lipinski definition) is 2. The molecule has 2 aromatic rings. The number of carboxylic acids is 1. The number of ketones is 1. The number of hydrogen-bond acceptors (Lipinski definition) is 4. The van der Waals surface area contributed by atoms with Crippen LogP contribution in [0.5, 0.6) is 5.75 Å². The van der Waals surface area contributed by atoms with Gasteiger partial charge >= 0.3 is 5.97 Å². The Morgan fingerprint density at radius 3 is 2.71 bits per heavy atom. The monoisotopic (exact) mass is 290 g/mol. The third-order valence-corrected chi connectivity index (χ3v) is 2.77. The van der Waals surface area contributed by atoms with Crippen LogP contribution in [0.3, 0.4) is 0 Å². The van der Waals surface area contributed by atoms with Crippen molar-refractivity contribution in [2.45, 2.75) is 12.8 Å². The highest BCUT2D eigenvalue weighted by Crippen LogP contribution is 2.26. The van der Waals surface area contributed by atoms with Crippen molar-refractivity contribution in [1.82, 2.24) is 4.98 Å². The molecule has 21 heavy (non-hydrogen) atoms. The predicted octanol–water partition coefficient (Wildman–Crippen LogP) is 2.64. The third kappa shape index (κ3) is 3.62. The van der Waals surface area contributed by atoms with Gasteiger partial charge in [0.05, 0.1) is 7.79 Å². The lowest BCUT2D eigenvalue weighted by atomic mass is 10.1. The Bertz CT molecular complexity index is 748. The van der Waals surface area contributed by atoms with Crippen LogP contribution in [0.2, 0.25) is 0 Å². The van der Waals surface area contributed by atoms with E-state index in [2.05, 4.69) is 4.98 Å². The van der Waals surface area contributed by atoms with Crippen LogP contribution in [0.4, 0.5) is 4.39 Å².